The van der Waals surface area contributed by atoms with Crippen LogP contribution in [0.3, 0.4) is 0 Å². The summed E-state index contributed by atoms with van der Waals surface area (Å²) in [7, 11) is 0. The van der Waals surface area contributed by atoms with Gasteiger partial charge in [0.25, 0.3) is 5.91 Å². The molecule has 3 N–H and O–H groups in total. The summed E-state index contributed by atoms with van der Waals surface area (Å²) in [4.78, 5) is 21.5. The molecule has 4 rings (SSSR count). The van der Waals surface area contributed by atoms with Crippen LogP contribution in [-0.2, 0) is 6.42 Å². The van der Waals surface area contributed by atoms with Crippen molar-refractivity contribution in [3.8, 4) is 5.75 Å². The number of benzene rings is 2. The first-order chi connectivity index (χ1) is 14.1. The molecule has 1 aromatic heterocycles. The van der Waals surface area contributed by atoms with Gasteiger partial charge in [0.15, 0.2) is 5.13 Å². The maximum absolute atomic E-state index is 12.7. The standard InChI is InChI=1S/C21H19N3O4S/c25-11-15(26)12-28-16-5-1-3-13(9-16)18-10-14-4-2-6-17(19(14)23-18)20(27)24-21-22-7-8-29-21/h1-9,15,25-26H,10-12H2,(H,22,24,27). The Morgan fingerprint density at radius 2 is 2.14 bits per heavy atom. The average Bonchev–Trinajstić information content (AvgIpc) is 3.41. The third kappa shape index (κ3) is 4.34. The number of hydrogen-bond acceptors (Lipinski definition) is 7. The van der Waals surface area contributed by atoms with Crippen molar-refractivity contribution in [3.05, 3.63) is 70.7 Å². The molecule has 1 unspecified atom stereocenters. The van der Waals surface area contributed by atoms with Gasteiger partial charge in [-0.2, -0.15) is 0 Å². The normalized spacial score (nSPS) is 13.5. The molecule has 7 nitrogen and oxygen atoms in total. The van der Waals surface area contributed by atoms with E-state index in [9.17, 15) is 9.90 Å². The molecule has 2 heterocycles. The van der Waals surface area contributed by atoms with Gasteiger partial charge in [0.1, 0.15) is 18.5 Å². The Morgan fingerprint density at radius 1 is 1.28 bits per heavy atom. The Labute approximate surface area is 171 Å². The van der Waals surface area contributed by atoms with Crippen LogP contribution < -0.4 is 10.1 Å². The van der Waals surface area contributed by atoms with Crippen LogP contribution in [0.1, 0.15) is 21.5 Å². The summed E-state index contributed by atoms with van der Waals surface area (Å²) in [6, 6.07) is 13.0. The number of nitrogens with zero attached hydrogens (tertiary/aromatic N) is 2. The SMILES string of the molecule is O=C(Nc1nccs1)c1cccc2c1N=C(c1cccc(OCC(O)CO)c1)C2. The molecular formula is C21H19N3O4S. The molecule has 1 atom stereocenters. The van der Waals surface area contributed by atoms with Crippen molar-refractivity contribution in [2.24, 2.45) is 4.99 Å². The van der Waals surface area contributed by atoms with Crippen molar-refractivity contribution < 1.29 is 19.7 Å². The summed E-state index contributed by atoms with van der Waals surface area (Å²) in [5.74, 6) is 0.340. The summed E-state index contributed by atoms with van der Waals surface area (Å²) >= 11 is 1.36. The smallest absolute Gasteiger partial charge is 0.259 e. The first-order valence-electron chi connectivity index (χ1n) is 9.06. The number of fused-ring (bicyclic) bond motifs is 1. The van der Waals surface area contributed by atoms with E-state index in [1.54, 1.807) is 23.7 Å². The Kier molecular flexibility index (Phi) is 5.66. The van der Waals surface area contributed by atoms with Crippen molar-refractivity contribution in [2.75, 3.05) is 18.5 Å². The van der Waals surface area contributed by atoms with Crippen LogP contribution in [0.4, 0.5) is 10.8 Å². The van der Waals surface area contributed by atoms with E-state index < -0.39 is 6.10 Å². The predicted molar refractivity (Wildman–Crippen MR) is 111 cm³/mol. The first-order valence-corrected chi connectivity index (χ1v) is 9.94. The third-order valence-electron chi connectivity index (χ3n) is 4.44. The Morgan fingerprint density at radius 3 is 2.93 bits per heavy atom. The molecule has 1 aliphatic heterocycles. The van der Waals surface area contributed by atoms with E-state index in [-0.39, 0.29) is 19.1 Å². The molecule has 1 amide bonds. The van der Waals surface area contributed by atoms with Crippen LogP contribution >= 0.6 is 11.3 Å². The molecule has 0 spiro atoms. The second-order valence-electron chi connectivity index (χ2n) is 6.52. The minimum Gasteiger partial charge on any atom is -0.491 e. The van der Waals surface area contributed by atoms with Crippen LogP contribution in [0.2, 0.25) is 0 Å². The fraction of sp³-hybridized carbons (Fsp3) is 0.190. The number of ether oxygens (including phenoxy) is 1. The van der Waals surface area contributed by atoms with Crippen molar-refractivity contribution in [2.45, 2.75) is 12.5 Å². The lowest BCUT2D eigenvalue weighted by Gasteiger charge is -2.10. The molecule has 0 radical (unpaired) electrons. The van der Waals surface area contributed by atoms with Crippen LogP contribution in [0, 0.1) is 0 Å². The summed E-state index contributed by atoms with van der Waals surface area (Å²) < 4.78 is 5.52. The number of anilines is 1. The lowest BCUT2D eigenvalue weighted by atomic mass is 10.0. The second-order valence-corrected chi connectivity index (χ2v) is 7.41. The van der Waals surface area contributed by atoms with E-state index in [1.807, 2.05) is 30.3 Å². The number of aliphatic hydroxyl groups is 2. The maximum atomic E-state index is 12.7. The van der Waals surface area contributed by atoms with Gasteiger partial charge in [-0.1, -0.05) is 24.3 Å². The second kappa shape index (κ2) is 8.52. The fourth-order valence-electron chi connectivity index (χ4n) is 3.03. The zero-order chi connectivity index (χ0) is 20.2. The van der Waals surface area contributed by atoms with E-state index in [0.717, 1.165) is 16.8 Å². The number of nitrogens with one attached hydrogen (secondary N) is 1. The molecular weight excluding hydrogens is 390 g/mol. The van der Waals surface area contributed by atoms with E-state index in [1.165, 1.54) is 11.3 Å². The fourth-order valence-corrected chi connectivity index (χ4v) is 3.55. The van der Waals surface area contributed by atoms with Crippen LogP contribution in [0.25, 0.3) is 0 Å². The summed E-state index contributed by atoms with van der Waals surface area (Å²) in [5, 5.41) is 23.5. The molecule has 1 aliphatic rings. The van der Waals surface area contributed by atoms with Gasteiger partial charge in [-0.25, -0.2) is 4.98 Å². The lowest BCUT2D eigenvalue weighted by molar-refractivity contribution is 0.0536. The summed E-state index contributed by atoms with van der Waals surface area (Å²) in [6.07, 6.45) is 1.32. The zero-order valence-electron chi connectivity index (χ0n) is 15.4. The number of aromatic nitrogens is 1. The van der Waals surface area contributed by atoms with Crippen LogP contribution in [0.5, 0.6) is 5.75 Å². The van der Waals surface area contributed by atoms with E-state index in [4.69, 9.17) is 14.8 Å². The third-order valence-corrected chi connectivity index (χ3v) is 5.13. The molecule has 0 bridgehead atoms. The summed E-state index contributed by atoms with van der Waals surface area (Å²) in [5.41, 5.74) is 3.87. The molecule has 0 aliphatic carbocycles. The maximum Gasteiger partial charge on any atom is 0.259 e. The van der Waals surface area contributed by atoms with Gasteiger partial charge in [0, 0.05) is 18.0 Å². The number of carbonyl (C=O) groups excluding carboxylic acids is 1. The van der Waals surface area contributed by atoms with Crippen LogP contribution in [-0.4, -0.2) is 46.1 Å². The quantitative estimate of drug-likeness (QED) is 0.557. The minimum atomic E-state index is -0.925. The van der Waals surface area contributed by atoms with Crippen LogP contribution in [0.15, 0.2) is 59.0 Å². The molecule has 8 heteroatoms. The van der Waals surface area contributed by atoms with Gasteiger partial charge < -0.3 is 14.9 Å². The number of para-hydroxylation sites is 1. The number of hydrogen-bond donors (Lipinski definition) is 3. The number of rotatable bonds is 7. The van der Waals surface area contributed by atoms with Gasteiger partial charge >= 0.3 is 0 Å². The minimum absolute atomic E-state index is 0.00767. The van der Waals surface area contributed by atoms with E-state index in [2.05, 4.69) is 10.3 Å². The number of amides is 1. The molecule has 3 aromatic rings. The zero-order valence-corrected chi connectivity index (χ0v) is 16.2. The molecule has 0 saturated carbocycles. The molecule has 29 heavy (non-hydrogen) atoms. The predicted octanol–water partition coefficient (Wildman–Crippen LogP) is 2.80. The molecule has 0 fully saturated rings. The van der Waals surface area contributed by atoms with Gasteiger partial charge in [0.2, 0.25) is 0 Å². The highest BCUT2D eigenvalue weighted by Gasteiger charge is 2.22. The number of aliphatic hydroxyl groups excluding tert-OH is 2. The average molecular weight is 409 g/mol. The Hall–Kier alpha value is -3.07. The Balaban J connectivity index is 1.56. The lowest BCUT2D eigenvalue weighted by Crippen LogP contribution is -2.21. The Bertz CT molecular complexity index is 1050. The highest BCUT2D eigenvalue weighted by Crippen LogP contribution is 2.33. The van der Waals surface area contributed by atoms with Gasteiger partial charge in [-0.3, -0.25) is 15.1 Å². The molecule has 0 saturated heterocycles. The summed E-state index contributed by atoms with van der Waals surface area (Å²) in [6.45, 7) is -0.346. The van der Waals surface area contributed by atoms with Crippen molar-refractivity contribution in [1.29, 1.82) is 0 Å². The number of aliphatic imine (C=N–C) groups is 1. The van der Waals surface area contributed by atoms with Crippen molar-refractivity contribution in [1.82, 2.24) is 4.98 Å². The van der Waals surface area contributed by atoms with Gasteiger partial charge in [0.05, 0.1) is 23.6 Å². The number of thiazole rings is 1. The van der Waals surface area contributed by atoms with Gasteiger partial charge in [-0.05, 0) is 29.3 Å². The van der Waals surface area contributed by atoms with Crippen molar-refractivity contribution in [3.63, 3.8) is 0 Å². The monoisotopic (exact) mass is 409 g/mol. The topological polar surface area (TPSA) is 104 Å². The van der Waals surface area contributed by atoms with E-state index >= 15 is 0 Å². The highest BCUT2D eigenvalue weighted by atomic mass is 32.1. The largest absolute Gasteiger partial charge is 0.491 e. The number of carbonyl (C=O) groups is 1. The highest BCUT2D eigenvalue weighted by molar-refractivity contribution is 7.13. The van der Waals surface area contributed by atoms with E-state index in [0.29, 0.717) is 28.6 Å². The first kappa shape index (κ1) is 19.3. The van der Waals surface area contributed by atoms with Crippen molar-refractivity contribution >= 4 is 33.8 Å². The molecule has 148 valence electrons. The molecule has 2 aromatic carbocycles. The van der Waals surface area contributed by atoms with Gasteiger partial charge in [-0.15, -0.1) is 11.3 Å².